The minimum atomic E-state index is -0.418. The number of nitrogens with zero attached hydrogens (tertiary/aromatic N) is 5. The number of anilines is 1. The van der Waals surface area contributed by atoms with Gasteiger partial charge in [-0.3, -0.25) is 9.69 Å². The van der Waals surface area contributed by atoms with E-state index >= 15 is 0 Å². The Bertz CT molecular complexity index is 1180. The van der Waals surface area contributed by atoms with Gasteiger partial charge in [0, 0.05) is 52.3 Å². The summed E-state index contributed by atoms with van der Waals surface area (Å²) in [5, 5.41) is 9.20. The van der Waals surface area contributed by atoms with Gasteiger partial charge in [0.15, 0.2) is 0 Å². The monoisotopic (exact) mass is 409 g/mol. The Morgan fingerprint density at radius 3 is 2.67 bits per heavy atom. The minimum absolute atomic E-state index is 0.0205. The Kier molecular flexibility index (Phi) is 5.46. The van der Waals surface area contributed by atoms with E-state index in [0.29, 0.717) is 60.7 Å². The second-order valence-corrected chi connectivity index (χ2v) is 7.47. The van der Waals surface area contributed by atoms with E-state index in [-0.39, 0.29) is 17.8 Å². The smallest absolute Gasteiger partial charge is 0.252 e. The van der Waals surface area contributed by atoms with Gasteiger partial charge in [-0.2, -0.15) is 5.26 Å². The number of rotatable bonds is 3. The third kappa shape index (κ3) is 4.02. The molecule has 0 aromatic carbocycles. The molecule has 1 aliphatic heterocycles. The Hall–Kier alpha value is -3.31. The summed E-state index contributed by atoms with van der Waals surface area (Å²) in [4.78, 5) is 21.0. The molecular formula is C22H21F2N5O. The lowest BCUT2D eigenvalue weighted by atomic mass is 10.1. The van der Waals surface area contributed by atoms with Crippen molar-refractivity contribution in [2.24, 2.45) is 7.05 Å². The van der Waals surface area contributed by atoms with Crippen LogP contribution in [0.15, 0.2) is 58.4 Å². The second-order valence-electron chi connectivity index (χ2n) is 7.47. The van der Waals surface area contributed by atoms with Crippen molar-refractivity contribution in [1.29, 1.82) is 5.26 Å². The number of halogens is 2. The SMILES string of the molecule is Cn1c(=O)cc(N2CCN(CC3=CC(F)=CCC(F)=C3)CC2)c2nc(C#N)ccc21. The average molecular weight is 409 g/mol. The number of fused-ring (bicyclic) bond motifs is 1. The van der Waals surface area contributed by atoms with Gasteiger partial charge < -0.3 is 9.47 Å². The first-order valence-electron chi connectivity index (χ1n) is 9.75. The number of hydrogen-bond acceptors (Lipinski definition) is 5. The summed E-state index contributed by atoms with van der Waals surface area (Å²) < 4.78 is 28.9. The molecule has 0 saturated carbocycles. The van der Waals surface area contributed by atoms with Crippen molar-refractivity contribution in [3.63, 3.8) is 0 Å². The van der Waals surface area contributed by atoms with E-state index in [9.17, 15) is 18.8 Å². The summed E-state index contributed by atoms with van der Waals surface area (Å²) in [7, 11) is 1.68. The van der Waals surface area contributed by atoms with Crippen molar-refractivity contribution in [2.75, 3.05) is 37.6 Å². The minimum Gasteiger partial charge on any atom is -0.367 e. The molecule has 2 aromatic heterocycles. The molecule has 6 nitrogen and oxygen atoms in total. The summed E-state index contributed by atoms with van der Waals surface area (Å²) in [6, 6.07) is 6.94. The fourth-order valence-corrected chi connectivity index (χ4v) is 3.84. The maximum atomic E-state index is 13.7. The van der Waals surface area contributed by atoms with Gasteiger partial charge in [0.05, 0.1) is 11.2 Å². The quantitative estimate of drug-likeness (QED) is 0.780. The molecule has 8 heteroatoms. The van der Waals surface area contributed by atoms with Crippen molar-refractivity contribution in [1.82, 2.24) is 14.5 Å². The van der Waals surface area contributed by atoms with Crippen LogP contribution in [-0.2, 0) is 7.05 Å². The van der Waals surface area contributed by atoms with Gasteiger partial charge in [-0.1, -0.05) is 0 Å². The molecule has 2 aromatic rings. The first-order chi connectivity index (χ1) is 14.4. The molecule has 30 heavy (non-hydrogen) atoms. The van der Waals surface area contributed by atoms with E-state index in [1.54, 1.807) is 25.2 Å². The fraction of sp³-hybridized carbons (Fsp3) is 0.318. The predicted octanol–water partition coefficient (Wildman–Crippen LogP) is 2.96. The summed E-state index contributed by atoms with van der Waals surface area (Å²) in [5.74, 6) is -0.767. The lowest BCUT2D eigenvalue weighted by Gasteiger charge is -2.36. The van der Waals surface area contributed by atoms with Crippen LogP contribution < -0.4 is 10.5 Å². The van der Waals surface area contributed by atoms with Crippen LogP contribution >= 0.6 is 0 Å². The van der Waals surface area contributed by atoms with Crippen LogP contribution in [0.25, 0.3) is 11.0 Å². The predicted molar refractivity (Wildman–Crippen MR) is 111 cm³/mol. The molecule has 0 amide bonds. The number of aromatic nitrogens is 2. The van der Waals surface area contributed by atoms with Crippen LogP contribution in [0.2, 0.25) is 0 Å². The normalized spacial score (nSPS) is 17.8. The van der Waals surface area contributed by atoms with E-state index in [0.717, 1.165) is 0 Å². The van der Waals surface area contributed by atoms with Crippen molar-refractivity contribution in [2.45, 2.75) is 6.42 Å². The molecule has 2 aliphatic rings. The molecule has 0 atom stereocenters. The van der Waals surface area contributed by atoms with Gasteiger partial charge in [0.1, 0.15) is 28.9 Å². The molecule has 1 saturated heterocycles. The van der Waals surface area contributed by atoms with Gasteiger partial charge in [0.25, 0.3) is 5.56 Å². The number of allylic oxidation sites excluding steroid dienone is 4. The highest BCUT2D eigenvalue weighted by atomic mass is 19.1. The highest BCUT2D eigenvalue weighted by Crippen LogP contribution is 2.25. The van der Waals surface area contributed by atoms with Crippen LogP contribution in [-0.4, -0.2) is 47.2 Å². The summed E-state index contributed by atoms with van der Waals surface area (Å²) >= 11 is 0. The molecule has 0 radical (unpaired) electrons. The van der Waals surface area contributed by atoms with Gasteiger partial charge in [-0.05, 0) is 35.9 Å². The maximum Gasteiger partial charge on any atom is 0.252 e. The number of aryl methyl sites for hydroxylation is 1. The lowest BCUT2D eigenvalue weighted by molar-refractivity contribution is 0.280. The largest absolute Gasteiger partial charge is 0.367 e. The Labute approximate surface area is 172 Å². The Morgan fingerprint density at radius 2 is 1.93 bits per heavy atom. The molecule has 1 fully saturated rings. The van der Waals surface area contributed by atoms with Crippen molar-refractivity contribution < 1.29 is 8.78 Å². The number of pyridine rings is 2. The molecule has 0 spiro atoms. The summed E-state index contributed by atoms with van der Waals surface area (Å²) in [6.45, 7) is 3.08. The average Bonchev–Trinajstić information content (AvgIpc) is 2.90. The number of piperazine rings is 1. The highest BCUT2D eigenvalue weighted by molar-refractivity contribution is 5.88. The van der Waals surface area contributed by atoms with Crippen LogP contribution in [0.1, 0.15) is 12.1 Å². The Balaban J connectivity index is 1.55. The van der Waals surface area contributed by atoms with Gasteiger partial charge in [-0.15, -0.1) is 0 Å². The first-order valence-corrected chi connectivity index (χ1v) is 9.75. The third-order valence-corrected chi connectivity index (χ3v) is 5.46. The summed E-state index contributed by atoms with van der Waals surface area (Å²) in [6.07, 6.45) is 3.99. The molecular weight excluding hydrogens is 388 g/mol. The van der Waals surface area contributed by atoms with Gasteiger partial charge >= 0.3 is 0 Å². The molecule has 0 unspecified atom stereocenters. The fourth-order valence-electron chi connectivity index (χ4n) is 3.84. The molecule has 0 N–H and O–H groups in total. The van der Waals surface area contributed by atoms with E-state index < -0.39 is 5.83 Å². The highest BCUT2D eigenvalue weighted by Gasteiger charge is 2.22. The van der Waals surface area contributed by atoms with Crippen LogP contribution in [0, 0.1) is 11.3 Å². The van der Waals surface area contributed by atoms with Crippen LogP contribution in [0.5, 0.6) is 0 Å². The van der Waals surface area contributed by atoms with Crippen molar-refractivity contribution >= 4 is 16.7 Å². The standard InChI is InChI=1S/C22H21F2N5O/c1-27-19-5-4-18(13-25)26-22(19)20(12-21(27)30)29-8-6-28(7-9-29)14-15-10-16(23)2-3-17(24)11-15/h2,4-5,10-12H,3,6-9,14H2,1H3. The van der Waals surface area contributed by atoms with Crippen molar-refractivity contribution in [3.05, 3.63) is 69.7 Å². The zero-order valence-electron chi connectivity index (χ0n) is 16.6. The number of hydrogen-bond donors (Lipinski definition) is 0. The zero-order chi connectivity index (χ0) is 21.3. The van der Waals surface area contributed by atoms with Crippen LogP contribution in [0.4, 0.5) is 14.5 Å². The third-order valence-electron chi connectivity index (χ3n) is 5.46. The molecule has 1 aliphatic carbocycles. The lowest BCUT2D eigenvalue weighted by Crippen LogP contribution is -2.47. The van der Waals surface area contributed by atoms with Crippen molar-refractivity contribution in [3.8, 4) is 6.07 Å². The molecule has 154 valence electrons. The van der Waals surface area contributed by atoms with E-state index in [2.05, 4.69) is 14.8 Å². The summed E-state index contributed by atoms with van der Waals surface area (Å²) in [5.41, 5.74) is 2.76. The number of nitriles is 1. The topological polar surface area (TPSA) is 65.2 Å². The van der Waals surface area contributed by atoms with E-state index in [4.69, 9.17) is 0 Å². The van der Waals surface area contributed by atoms with Crippen LogP contribution in [0.3, 0.4) is 0 Å². The zero-order valence-corrected chi connectivity index (χ0v) is 16.6. The van der Waals surface area contributed by atoms with E-state index in [1.165, 1.54) is 22.8 Å². The maximum absolute atomic E-state index is 13.7. The first kappa shape index (κ1) is 20.0. The van der Waals surface area contributed by atoms with Gasteiger partial charge in [0.2, 0.25) is 0 Å². The second kappa shape index (κ2) is 8.20. The van der Waals surface area contributed by atoms with E-state index in [1.807, 2.05) is 6.07 Å². The van der Waals surface area contributed by atoms with Gasteiger partial charge in [-0.25, -0.2) is 13.8 Å². The molecule has 4 rings (SSSR count). The Morgan fingerprint density at radius 1 is 1.17 bits per heavy atom. The molecule has 0 bridgehead atoms. The molecule has 3 heterocycles.